The second-order valence-electron chi connectivity index (χ2n) is 4.43. The summed E-state index contributed by atoms with van der Waals surface area (Å²) in [5.74, 6) is 1.73. The van der Waals surface area contributed by atoms with Gasteiger partial charge in [-0.3, -0.25) is 0 Å². The summed E-state index contributed by atoms with van der Waals surface area (Å²) in [4.78, 5) is 4.32. The molecule has 1 aromatic heterocycles. The molecule has 0 aliphatic carbocycles. The van der Waals surface area contributed by atoms with Crippen LogP contribution < -0.4 is 5.32 Å². The second kappa shape index (κ2) is 6.36. The summed E-state index contributed by atoms with van der Waals surface area (Å²) in [5, 5.41) is 3.29. The number of nitrogens with one attached hydrogen (secondary N) is 1. The molecule has 0 aliphatic rings. The van der Waals surface area contributed by atoms with Crippen LogP contribution in [0.2, 0.25) is 0 Å². The molecule has 1 aromatic carbocycles. The predicted molar refractivity (Wildman–Crippen MR) is 72.4 cm³/mol. The largest absolute Gasteiger partial charge is 0.444 e. The topological polar surface area (TPSA) is 38.1 Å². The Morgan fingerprint density at radius 1 is 1.22 bits per heavy atom. The van der Waals surface area contributed by atoms with E-state index in [1.165, 1.54) is 5.56 Å². The third-order valence-electron chi connectivity index (χ3n) is 2.96. The Kier molecular flexibility index (Phi) is 4.53. The molecule has 0 saturated carbocycles. The van der Waals surface area contributed by atoms with E-state index in [1.54, 1.807) is 0 Å². The lowest BCUT2D eigenvalue weighted by Crippen LogP contribution is -2.17. The molecule has 1 atom stereocenters. The number of oxazole rings is 1. The van der Waals surface area contributed by atoms with Crippen molar-refractivity contribution in [2.24, 2.45) is 0 Å². The molecular weight excluding hydrogens is 224 g/mol. The fourth-order valence-corrected chi connectivity index (χ4v) is 1.94. The Hall–Kier alpha value is -1.61. The average Bonchev–Trinajstić information content (AvgIpc) is 2.87. The van der Waals surface area contributed by atoms with Crippen molar-refractivity contribution in [3.05, 3.63) is 53.7 Å². The lowest BCUT2D eigenvalue weighted by molar-refractivity contribution is 0.398. The summed E-state index contributed by atoms with van der Waals surface area (Å²) >= 11 is 0. The Labute approximate surface area is 108 Å². The minimum absolute atomic E-state index is 0.181. The van der Waals surface area contributed by atoms with Gasteiger partial charge in [0.1, 0.15) is 5.76 Å². The van der Waals surface area contributed by atoms with Crippen LogP contribution in [0.3, 0.4) is 0 Å². The van der Waals surface area contributed by atoms with Crippen LogP contribution in [-0.2, 0) is 12.8 Å². The van der Waals surface area contributed by atoms with Crippen molar-refractivity contribution < 1.29 is 4.42 Å². The van der Waals surface area contributed by atoms with Gasteiger partial charge in [0.25, 0.3) is 0 Å². The standard InChI is InChI=1S/C15H20N2O/c1-3-16-12(2)15-17-11-14(18-15)10-9-13-7-5-4-6-8-13/h4-8,11-12,16H,3,9-10H2,1-2H3. The average molecular weight is 244 g/mol. The van der Waals surface area contributed by atoms with Gasteiger partial charge in [0.05, 0.1) is 12.2 Å². The van der Waals surface area contributed by atoms with Crippen LogP contribution in [0.25, 0.3) is 0 Å². The maximum Gasteiger partial charge on any atom is 0.211 e. The number of hydrogen-bond donors (Lipinski definition) is 1. The van der Waals surface area contributed by atoms with E-state index in [0.29, 0.717) is 0 Å². The molecule has 2 rings (SSSR count). The molecule has 0 spiro atoms. The van der Waals surface area contributed by atoms with Crippen molar-refractivity contribution in [2.45, 2.75) is 32.7 Å². The first kappa shape index (κ1) is 12.8. The quantitative estimate of drug-likeness (QED) is 0.848. The van der Waals surface area contributed by atoms with Crippen molar-refractivity contribution in [1.82, 2.24) is 10.3 Å². The normalized spacial score (nSPS) is 12.6. The minimum Gasteiger partial charge on any atom is -0.444 e. The van der Waals surface area contributed by atoms with Crippen LogP contribution in [-0.4, -0.2) is 11.5 Å². The Morgan fingerprint density at radius 2 is 2.00 bits per heavy atom. The fraction of sp³-hybridized carbons (Fsp3) is 0.400. The highest BCUT2D eigenvalue weighted by molar-refractivity contribution is 5.15. The first-order valence-electron chi connectivity index (χ1n) is 6.51. The maximum atomic E-state index is 5.75. The van der Waals surface area contributed by atoms with E-state index in [4.69, 9.17) is 4.42 Å². The molecule has 0 fully saturated rings. The van der Waals surface area contributed by atoms with Crippen molar-refractivity contribution in [2.75, 3.05) is 6.54 Å². The van der Waals surface area contributed by atoms with Gasteiger partial charge in [-0.15, -0.1) is 0 Å². The van der Waals surface area contributed by atoms with Gasteiger partial charge < -0.3 is 9.73 Å². The van der Waals surface area contributed by atoms with E-state index in [1.807, 2.05) is 12.3 Å². The molecular formula is C15H20N2O. The molecule has 3 nitrogen and oxygen atoms in total. The van der Waals surface area contributed by atoms with Gasteiger partial charge in [0.15, 0.2) is 0 Å². The molecule has 1 heterocycles. The SMILES string of the molecule is CCNC(C)c1ncc(CCc2ccccc2)o1. The monoisotopic (exact) mass is 244 g/mol. The van der Waals surface area contributed by atoms with Gasteiger partial charge >= 0.3 is 0 Å². The number of nitrogens with zero attached hydrogens (tertiary/aromatic N) is 1. The van der Waals surface area contributed by atoms with E-state index in [0.717, 1.165) is 31.0 Å². The fourth-order valence-electron chi connectivity index (χ4n) is 1.94. The number of aromatic nitrogens is 1. The smallest absolute Gasteiger partial charge is 0.211 e. The van der Waals surface area contributed by atoms with Crippen LogP contribution in [0.1, 0.15) is 37.1 Å². The van der Waals surface area contributed by atoms with Crippen molar-refractivity contribution >= 4 is 0 Å². The molecule has 0 saturated heterocycles. The molecule has 0 aliphatic heterocycles. The van der Waals surface area contributed by atoms with Gasteiger partial charge in [-0.1, -0.05) is 37.3 Å². The van der Waals surface area contributed by atoms with Crippen molar-refractivity contribution in [1.29, 1.82) is 0 Å². The zero-order valence-electron chi connectivity index (χ0n) is 11.0. The maximum absolute atomic E-state index is 5.75. The van der Waals surface area contributed by atoms with E-state index >= 15 is 0 Å². The minimum atomic E-state index is 0.181. The zero-order valence-corrected chi connectivity index (χ0v) is 11.0. The highest BCUT2D eigenvalue weighted by atomic mass is 16.4. The number of aryl methyl sites for hydroxylation is 2. The van der Waals surface area contributed by atoms with Crippen LogP contribution in [0.15, 0.2) is 40.9 Å². The Balaban J connectivity index is 1.91. The summed E-state index contributed by atoms with van der Waals surface area (Å²) in [7, 11) is 0. The molecule has 96 valence electrons. The Morgan fingerprint density at radius 3 is 2.72 bits per heavy atom. The molecule has 2 aromatic rings. The first-order chi connectivity index (χ1) is 8.79. The molecule has 0 radical (unpaired) electrons. The lowest BCUT2D eigenvalue weighted by atomic mass is 10.1. The number of benzene rings is 1. The Bertz CT molecular complexity index is 464. The van der Waals surface area contributed by atoms with Crippen LogP contribution in [0, 0.1) is 0 Å². The third-order valence-corrected chi connectivity index (χ3v) is 2.96. The molecule has 18 heavy (non-hydrogen) atoms. The van der Waals surface area contributed by atoms with E-state index < -0.39 is 0 Å². The molecule has 1 unspecified atom stereocenters. The third kappa shape index (κ3) is 3.44. The zero-order chi connectivity index (χ0) is 12.8. The summed E-state index contributed by atoms with van der Waals surface area (Å²) in [6, 6.07) is 10.6. The molecule has 0 amide bonds. The van der Waals surface area contributed by atoms with Gasteiger partial charge in [-0.25, -0.2) is 4.98 Å². The highest BCUT2D eigenvalue weighted by Crippen LogP contribution is 2.14. The van der Waals surface area contributed by atoms with Crippen LogP contribution in [0.5, 0.6) is 0 Å². The highest BCUT2D eigenvalue weighted by Gasteiger charge is 2.10. The summed E-state index contributed by atoms with van der Waals surface area (Å²) in [6.07, 6.45) is 3.73. The second-order valence-corrected chi connectivity index (χ2v) is 4.43. The van der Waals surface area contributed by atoms with Crippen molar-refractivity contribution in [3.8, 4) is 0 Å². The van der Waals surface area contributed by atoms with Crippen LogP contribution in [0.4, 0.5) is 0 Å². The molecule has 0 bridgehead atoms. The summed E-state index contributed by atoms with van der Waals surface area (Å²) < 4.78 is 5.75. The predicted octanol–water partition coefficient (Wildman–Crippen LogP) is 3.13. The summed E-state index contributed by atoms with van der Waals surface area (Å²) in [5.41, 5.74) is 1.33. The van der Waals surface area contributed by atoms with Gasteiger partial charge in [-0.05, 0) is 25.5 Å². The van der Waals surface area contributed by atoms with E-state index in [9.17, 15) is 0 Å². The summed E-state index contributed by atoms with van der Waals surface area (Å²) in [6.45, 7) is 5.06. The number of rotatable bonds is 6. The van der Waals surface area contributed by atoms with Gasteiger partial charge in [-0.2, -0.15) is 0 Å². The van der Waals surface area contributed by atoms with Gasteiger partial charge in [0.2, 0.25) is 5.89 Å². The first-order valence-corrected chi connectivity index (χ1v) is 6.51. The van der Waals surface area contributed by atoms with E-state index in [2.05, 4.69) is 48.4 Å². The van der Waals surface area contributed by atoms with E-state index in [-0.39, 0.29) is 6.04 Å². The number of hydrogen-bond acceptors (Lipinski definition) is 3. The lowest BCUT2D eigenvalue weighted by Gasteiger charge is -2.06. The van der Waals surface area contributed by atoms with Gasteiger partial charge in [0, 0.05) is 6.42 Å². The molecule has 3 heteroatoms. The van der Waals surface area contributed by atoms with Crippen LogP contribution >= 0.6 is 0 Å². The molecule has 1 N–H and O–H groups in total. The van der Waals surface area contributed by atoms with Crippen molar-refractivity contribution in [3.63, 3.8) is 0 Å².